The van der Waals surface area contributed by atoms with Crippen molar-refractivity contribution in [2.45, 2.75) is 51.5 Å². The first-order valence-corrected chi connectivity index (χ1v) is 8.35. The standard InChI is InChI=1S/C17H28N4O/c1-2-13-8-10-21(11-9-13)17(22)15(18)5-3-4-14-6-7-16(19)20-12-14/h6-7,12-13,15H,2-5,8-11,18H2,1H3,(H2,19,20)/t15-/m0/s1. The molecule has 1 fully saturated rings. The van der Waals surface area contributed by atoms with E-state index in [1.165, 1.54) is 6.42 Å². The third-order valence-corrected chi connectivity index (χ3v) is 4.65. The molecule has 0 radical (unpaired) electrons. The van der Waals surface area contributed by atoms with Gasteiger partial charge in [0.05, 0.1) is 6.04 Å². The van der Waals surface area contributed by atoms with Gasteiger partial charge in [0, 0.05) is 19.3 Å². The van der Waals surface area contributed by atoms with E-state index < -0.39 is 0 Å². The molecule has 122 valence electrons. The van der Waals surface area contributed by atoms with Crippen LogP contribution in [0.1, 0.15) is 44.6 Å². The molecule has 2 rings (SSSR count). The monoisotopic (exact) mass is 304 g/mol. The molecule has 1 aliphatic rings. The number of nitrogens with two attached hydrogens (primary N) is 2. The van der Waals surface area contributed by atoms with Gasteiger partial charge in [-0.15, -0.1) is 0 Å². The molecule has 5 nitrogen and oxygen atoms in total. The van der Waals surface area contributed by atoms with Gasteiger partial charge in [0.1, 0.15) is 5.82 Å². The summed E-state index contributed by atoms with van der Waals surface area (Å²) in [6.45, 7) is 3.96. The summed E-state index contributed by atoms with van der Waals surface area (Å²) in [5.41, 5.74) is 12.8. The molecule has 0 unspecified atom stereocenters. The number of aromatic nitrogens is 1. The van der Waals surface area contributed by atoms with Gasteiger partial charge >= 0.3 is 0 Å². The molecule has 1 saturated heterocycles. The fourth-order valence-corrected chi connectivity index (χ4v) is 3.03. The summed E-state index contributed by atoms with van der Waals surface area (Å²) < 4.78 is 0. The van der Waals surface area contributed by atoms with E-state index in [4.69, 9.17) is 11.5 Å². The van der Waals surface area contributed by atoms with Crippen molar-refractivity contribution < 1.29 is 4.79 Å². The number of piperidine rings is 1. The van der Waals surface area contributed by atoms with Crippen molar-refractivity contribution in [2.24, 2.45) is 11.7 Å². The number of amides is 1. The van der Waals surface area contributed by atoms with Gasteiger partial charge in [-0.2, -0.15) is 0 Å². The van der Waals surface area contributed by atoms with Crippen molar-refractivity contribution in [3.8, 4) is 0 Å². The zero-order chi connectivity index (χ0) is 15.9. The van der Waals surface area contributed by atoms with Crippen molar-refractivity contribution in [1.82, 2.24) is 9.88 Å². The highest BCUT2D eigenvalue weighted by molar-refractivity contribution is 5.81. The van der Waals surface area contributed by atoms with Crippen LogP contribution in [0.2, 0.25) is 0 Å². The summed E-state index contributed by atoms with van der Waals surface area (Å²) in [6, 6.07) is 3.41. The maximum Gasteiger partial charge on any atom is 0.239 e. The van der Waals surface area contributed by atoms with Crippen LogP contribution in [0.15, 0.2) is 18.3 Å². The summed E-state index contributed by atoms with van der Waals surface area (Å²) in [7, 11) is 0. The van der Waals surface area contributed by atoms with Crippen molar-refractivity contribution in [1.29, 1.82) is 0 Å². The highest BCUT2D eigenvalue weighted by atomic mass is 16.2. The Balaban J connectivity index is 1.71. The molecule has 22 heavy (non-hydrogen) atoms. The van der Waals surface area contributed by atoms with Crippen molar-refractivity contribution in [3.63, 3.8) is 0 Å². The average Bonchev–Trinajstić information content (AvgIpc) is 2.56. The second-order valence-electron chi connectivity index (χ2n) is 6.27. The molecule has 5 heteroatoms. The minimum atomic E-state index is -0.375. The number of carbonyl (C=O) groups excluding carboxylic acids is 1. The lowest BCUT2D eigenvalue weighted by atomic mass is 9.94. The molecule has 0 aliphatic carbocycles. The molecule has 1 aromatic rings. The van der Waals surface area contributed by atoms with Gasteiger partial charge in [0.25, 0.3) is 0 Å². The summed E-state index contributed by atoms with van der Waals surface area (Å²) >= 11 is 0. The number of hydrogen-bond donors (Lipinski definition) is 2. The minimum absolute atomic E-state index is 0.116. The first kappa shape index (κ1) is 16.7. The predicted octanol–water partition coefficient (Wildman–Crippen LogP) is 1.96. The number of nitrogen functional groups attached to an aromatic ring is 1. The fourth-order valence-electron chi connectivity index (χ4n) is 3.03. The van der Waals surface area contributed by atoms with E-state index in [2.05, 4.69) is 11.9 Å². The smallest absolute Gasteiger partial charge is 0.239 e. The van der Waals surface area contributed by atoms with E-state index in [1.54, 1.807) is 12.3 Å². The Kier molecular flexibility index (Phi) is 6.19. The molecule has 2 heterocycles. The quantitative estimate of drug-likeness (QED) is 0.841. The molecular weight excluding hydrogens is 276 g/mol. The molecule has 0 bridgehead atoms. The molecule has 1 atom stereocenters. The summed E-state index contributed by atoms with van der Waals surface area (Å²) in [6.07, 6.45) is 7.73. The zero-order valence-electron chi connectivity index (χ0n) is 13.5. The number of likely N-dealkylation sites (tertiary alicyclic amines) is 1. The lowest BCUT2D eigenvalue weighted by molar-refractivity contribution is -0.134. The minimum Gasteiger partial charge on any atom is -0.384 e. The van der Waals surface area contributed by atoms with Crippen LogP contribution >= 0.6 is 0 Å². The zero-order valence-corrected chi connectivity index (χ0v) is 13.5. The number of rotatable bonds is 6. The Morgan fingerprint density at radius 3 is 2.73 bits per heavy atom. The van der Waals surface area contributed by atoms with Gasteiger partial charge in [0.2, 0.25) is 5.91 Å². The van der Waals surface area contributed by atoms with E-state index in [1.807, 2.05) is 11.0 Å². The molecule has 1 aliphatic heterocycles. The van der Waals surface area contributed by atoms with E-state index in [-0.39, 0.29) is 11.9 Å². The normalized spacial score (nSPS) is 17.5. The number of hydrogen-bond acceptors (Lipinski definition) is 4. The highest BCUT2D eigenvalue weighted by Gasteiger charge is 2.25. The van der Waals surface area contributed by atoms with Crippen LogP contribution in [-0.2, 0) is 11.2 Å². The Morgan fingerprint density at radius 1 is 1.41 bits per heavy atom. The van der Waals surface area contributed by atoms with Crippen LogP contribution in [0.4, 0.5) is 5.82 Å². The SMILES string of the molecule is CCC1CCN(C(=O)[C@@H](N)CCCc2ccc(N)nc2)CC1. The number of nitrogens with zero attached hydrogens (tertiary/aromatic N) is 2. The van der Waals surface area contributed by atoms with Crippen LogP contribution in [-0.4, -0.2) is 34.9 Å². The molecule has 0 aromatic carbocycles. The lowest BCUT2D eigenvalue weighted by Gasteiger charge is -2.33. The number of aryl methyl sites for hydroxylation is 1. The van der Waals surface area contributed by atoms with E-state index in [9.17, 15) is 4.79 Å². The number of pyridine rings is 1. The van der Waals surface area contributed by atoms with Crippen LogP contribution in [0, 0.1) is 5.92 Å². The van der Waals surface area contributed by atoms with Crippen LogP contribution in [0.25, 0.3) is 0 Å². The highest BCUT2D eigenvalue weighted by Crippen LogP contribution is 2.20. The van der Waals surface area contributed by atoms with Crippen LogP contribution in [0.3, 0.4) is 0 Å². The van der Waals surface area contributed by atoms with Gasteiger partial charge in [-0.3, -0.25) is 4.79 Å². The first-order chi connectivity index (χ1) is 10.6. The summed E-state index contributed by atoms with van der Waals surface area (Å²) in [5.74, 6) is 1.43. The topological polar surface area (TPSA) is 85.2 Å². The van der Waals surface area contributed by atoms with Crippen LogP contribution in [0.5, 0.6) is 0 Å². The van der Waals surface area contributed by atoms with Crippen molar-refractivity contribution in [2.75, 3.05) is 18.8 Å². The van der Waals surface area contributed by atoms with E-state index >= 15 is 0 Å². The maximum atomic E-state index is 12.4. The molecular formula is C17H28N4O. The second kappa shape index (κ2) is 8.13. The molecule has 1 amide bonds. The Labute approximate surface area is 133 Å². The van der Waals surface area contributed by atoms with Crippen molar-refractivity contribution >= 4 is 11.7 Å². The molecule has 1 aromatic heterocycles. The average molecular weight is 304 g/mol. The Bertz CT molecular complexity index is 466. The molecule has 0 saturated carbocycles. The number of anilines is 1. The van der Waals surface area contributed by atoms with Crippen LogP contribution < -0.4 is 11.5 Å². The first-order valence-electron chi connectivity index (χ1n) is 8.35. The fraction of sp³-hybridized carbons (Fsp3) is 0.647. The third-order valence-electron chi connectivity index (χ3n) is 4.65. The largest absolute Gasteiger partial charge is 0.384 e. The maximum absolute atomic E-state index is 12.4. The lowest BCUT2D eigenvalue weighted by Crippen LogP contribution is -2.47. The summed E-state index contributed by atoms with van der Waals surface area (Å²) in [5, 5.41) is 0. The Morgan fingerprint density at radius 2 is 2.14 bits per heavy atom. The van der Waals surface area contributed by atoms with E-state index in [0.717, 1.165) is 56.7 Å². The summed E-state index contributed by atoms with van der Waals surface area (Å²) in [4.78, 5) is 18.4. The van der Waals surface area contributed by atoms with Gasteiger partial charge in [-0.25, -0.2) is 4.98 Å². The van der Waals surface area contributed by atoms with Gasteiger partial charge < -0.3 is 16.4 Å². The van der Waals surface area contributed by atoms with Gasteiger partial charge in [0.15, 0.2) is 0 Å². The van der Waals surface area contributed by atoms with E-state index in [0.29, 0.717) is 5.82 Å². The Hall–Kier alpha value is -1.62. The molecule has 4 N–H and O–H groups in total. The predicted molar refractivity (Wildman–Crippen MR) is 89.2 cm³/mol. The molecule has 0 spiro atoms. The second-order valence-corrected chi connectivity index (χ2v) is 6.27. The third kappa shape index (κ3) is 4.70. The number of carbonyl (C=O) groups is 1. The van der Waals surface area contributed by atoms with Gasteiger partial charge in [-0.05, 0) is 49.7 Å². The van der Waals surface area contributed by atoms with Crippen molar-refractivity contribution in [3.05, 3.63) is 23.9 Å². The van der Waals surface area contributed by atoms with Gasteiger partial charge in [-0.1, -0.05) is 19.4 Å².